The van der Waals surface area contributed by atoms with E-state index in [0.717, 1.165) is 36.4 Å². The van der Waals surface area contributed by atoms with Crippen molar-refractivity contribution in [2.24, 2.45) is 9.98 Å². The molecule has 0 aliphatic heterocycles. The molecule has 0 aromatic heterocycles. The van der Waals surface area contributed by atoms with E-state index >= 15 is 0 Å². The van der Waals surface area contributed by atoms with Crippen molar-refractivity contribution in [2.75, 3.05) is 0 Å². The molecule has 0 aliphatic rings. The molecule has 0 bridgehead atoms. The van der Waals surface area contributed by atoms with Gasteiger partial charge in [0.15, 0.2) is 0 Å². The van der Waals surface area contributed by atoms with Gasteiger partial charge in [0, 0.05) is 12.4 Å². The van der Waals surface area contributed by atoms with Crippen molar-refractivity contribution in [3.8, 4) is 11.5 Å². The molecule has 0 atom stereocenters. The minimum Gasteiger partial charge on any atom is -0.872 e. The Hall–Kier alpha value is -2.85. The zero-order valence-corrected chi connectivity index (χ0v) is 16.0. The maximum atomic E-state index is 13.2. The first-order valence-electron chi connectivity index (χ1n) is 7.63. The van der Waals surface area contributed by atoms with Crippen LogP contribution in [0.15, 0.2) is 70.6 Å². The first-order chi connectivity index (χ1) is 12.5. The molecule has 0 aliphatic carbocycles. The predicted molar refractivity (Wildman–Crippen MR) is 92.6 cm³/mol. The zero-order chi connectivity index (χ0) is 18.5. The summed E-state index contributed by atoms with van der Waals surface area (Å²) in [7, 11) is 0. The van der Waals surface area contributed by atoms with E-state index in [1.165, 1.54) is 12.4 Å². The van der Waals surface area contributed by atoms with Gasteiger partial charge in [0.1, 0.15) is 11.6 Å². The fourth-order valence-corrected chi connectivity index (χ4v) is 2.20. The summed E-state index contributed by atoms with van der Waals surface area (Å²) in [6, 6.07) is 13.3. The first kappa shape index (κ1) is 20.5. The molecule has 0 radical (unpaired) electrons. The number of benzene rings is 3. The van der Waals surface area contributed by atoms with Gasteiger partial charge in [-0.1, -0.05) is 35.8 Å². The van der Waals surface area contributed by atoms with Gasteiger partial charge in [-0.15, -0.1) is 0 Å². The number of para-hydroxylation sites is 2. The van der Waals surface area contributed by atoms with Crippen LogP contribution in [0.3, 0.4) is 0 Å². The van der Waals surface area contributed by atoms with Crippen LogP contribution in [0.2, 0.25) is 0 Å². The Balaban J connectivity index is 0.00000261. The predicted octanol–water partition coefficient (Wildman–Crippen LogP) is 3.61. The summed E-state index contributed by atoms with van der Waals surface area (Å²) in [6.45, 7) is 0. The van der Waals surface area contributed by atoms with Crippen molar-refractivity contribution < 1.29 is 40.1 Å². The summed E-state index contributed by atoms with van der Waals surface area (Å²) in [6.07, 6.45) is 2.50. The summed E-state index contributed by atoms with van der Waals surface area (Å²) < 4.78 is 26.5. The van der Waals surface area contributed by atoms with Gasteiger partial charge in [-0.25, -0.2) is 8.78 Å². The third-order valence-corrected chi connectivity index (χ3v) is 3.51. The average Bonchev–Trinajstić information content (AvgIpc) is 2.64. The van der Waals surface area contributed by atoms with E-state index in [4.69, 9.17) is 0 Å². The molecule has 27 heavy (non-hydrogen) atoms. The van der Waals surface area contributed by atoms with Gasteiger partial charge in [0.2, 0.25) is 0 Å². The molecule has 0 amide bonds. The molecule has 0 N–H and O–H groups in total. The van der Waals surface area contributed by atoms with Gasteiger partial charge < -0.3 is 10.2 Å². The SMILES string of the molecule is [O-]c1ccc(F)cc1C=Nc1ccccc1N=Cc1cc(F)ccc1[O-].[Pt+2]. The molecule has 3 rings (SSSR count). The topological polar surface area (TPSA) is 70.8 Å². The van der Waals surface area contributed by atoms with Crippen molar-refractivity contribution in [3.63, 3.8) is 0 Å². The number of aliphatic imine (C=N–C) groups is 2. The van der Waals surface area contributed by atoms with Crippen molar-refractivity contribution in [2.45, 2.75) is 0 Å². The van der Waals surface area contributed by atoms with E-state index in [1.807, 2.05) is 0 Å². The van der Waals surface area contributed by atoms with Crippen LogP contribution >= 0.6 is 0 Å². The van der Waals surface area contributed by atoms with E-state index in [9.17, 15) is 19.0 Å². The molecule has 0 fully saturated rings. The average molecular weight is 545 g/mol. The molecule has 0 saturated heterocycles. The Morgan fingerprint density at radius 1 is 0.667 bits per heavy atom. The van der Waals surface area contributed by atoms with Gasteiger partial charge >= 0.3 is 21.1 Å². The largest absolute Gasteiger partial charge is 2.00 e. The molecule has 0 spiro atoms. The standard InChI is InChI=1S/C20H14F2N2O2.Pt/c21-15-5-7-19(25)13(9-15)11-23-17-3-1-2-4-18(17)24-12-14-10-16(22)6-8-20(14)26;/h1-12,25-26H;/q;+2/p-2. The number of hydrogen-bond acceptors (Lipinski definition) is 4. The molecule has 7 heteroatoms. The number of hydrogen-bond donors (Lipinski definition) is 0. The minimum atomic E-state index is -0.536. The Bertz CT molecular complexity index is 927. The molecule has 0 heterocycles. The minimum absolute atomic E-state index is 0. The van der Waals surface area contributed by atoms with Crippen LogP contribution in [-0.2, 0) is 21.1 Å². The van der Waals surface area contributed by atoms with E-state index in [2.05, 4.69) is 9.98 Å². The molecule has 4 nitrogen and oxygen atoms in total. The molecule has 0 unspecified atom stereocenters. The van der Waals surface area contributed by atoms with Crippen molar-refractivity contribution >= 4 is 23.8 Å². The van der Waals surface area contributed by atoms with Crippen LogP contribution in [-0.4, -0.2) is 12.4 Å². The van der Waals surface area contributed by atoms with E-state index < -0.39 is 11.6 Å². The van der Waals surface area contributed by atoms with Crippen molar-refractivity contribution in [1.29, 1.82) is 0 Å². The fraction of sp³-hybridized carbons (Fsp3) is 0. The van der Waals surface area contributed by atoms with Crippen molar-refractivity contribution in [3.05, 3.63) is 83.4 Å². The maximum absolute atomic E-state index is 13.2. The van der Waals surface area contributed by atoms with E-state index in [-0.39, 0.29) is 43.7 Å². The Morgan fingerprint density at radius 2 is 1.07 bits per heavy atom. The van der Waals surface area contributed by atoms with Gasteiger partial charge in [-0.3, -0.25) is 9.98 Å². The van der Waals surface area contributed by atoms with E-state index in [1.54, 1.807) is 24.3 Å². The van der Waals surface area contributed by atoms with E-state index in [0.29, 0.717) is 11.4 Å². The molecule has 0 saturated carbocycles. The number of halogens is 2. The monoisotopic (exact) mass is 545 g/mol. The van der Waals surface area contributed by atoms with Crippen LogP contribution in [0.25, 0.3) is 0 Å². The summed E-state index contributed by atoms with van der Waals surface area (Å²) in [5.41, 5.74) is 1.04. The Kier molecular flexibility index (Phi) is 6.97. The Morgan fingerprint density at radius 3 is 1.48 bits per heavy atom. The summed E-state index contributed by atoms with van der Waals surface area (Å²) in [5.74, 6) is -1.78. The van der Waals surface area contributed by atoms with Gasteiger partial charge in [0.05, 0.1) is 11.4 Å². The summed E-state index contributed by atoms with van der Waals surface area (Å²) in [5, 5.41) is 23.4. The Labute approximate surface area is 168 Å². The van der Waals surface area contributed by atoms with Crippen molar-refractivity contribution in [1.82, 2.24) is 0 Å². The maximum Gasteiger partial charge on any atom is 2.00 e. The van der Waals surface area contributed by atoms with Gasteiger partial charge in [0.25, 0.3) is 0 Å². The van der Waals surface area contributed by atoms with Crippen LogP contribution in [0, 0.1) is 11.6 Å². The third kappa shape index (κ3) is 5.31. The number of nitrogens with zero attached hydrogens (tertiary/aromatic N) is 2. The molecule has 3 aromatic rings. The second-order valence-electron chi connectivity index (χ2n) is 5.37. The smallest absolute Gasteiger partial charge is 0.872 e. The number of rotatable bonds is 4. The van der Waals surface area contributed by atoms with Crippen LogP contribution in [0.5, 0.6) is 11.5 Å². The second kappa shape index (κ2) is 9.19. The first-order valence-corrected chi connectivity index (χ1v) is 7.63. The third-order valence-electron chi connectivity index (χ3n) is 3.51. The zero-order valence-electron chi connectivity index (χ0n) is 13.7. The van der Waals surface area contributed by atoms with Gasteiger partial charge in [-0.2, -0.15) is 0 Å². The summed E-state index contributed by atoms with van der Waals surface area (Å²) >= 11 is 0. The van der Waals surface area contributed by atoms with Crippen LogP contribution < -0.4 is 10.2 Å². The molecular weight excluding hydrogens is 533 g/mol. The quantitative estimate of drug-likeness (QED) is 0.471. The van der Waals surface area contributed by atoms with Crippen LogP contribution in [0.4, 0.5) is 20.2 Å². The summed E-state index contributed by atoms with van der Waals surface area (Å²) in [4.78, 5) is 8.35. The fourth-order valence-electron chi connectivity index (χ4n) is 2.20. The normalized spacial score (nSPS) is 11.0. The second-order valence-corrected chi connectivity index (χ2v) is 5.37. The van der Waals surface area contributed by atoms with Crippen LogP contribution in [0.1, 0.15) is 11.1 Å². The molecule has 3 aromatic carbocycles. The molecular formula is C20H12F2N2O2Pt. The molecule has 138 valence electrons. The van der Waals surface area contributed by atoms with Gasteiger partial charge in [-0.05, 0) is 47.5 Å².